The van der Waals surface area contributed by atoms with Crippen molar-refractivity contribution in [3.63, 3.8) is 0 Å². The Hall–Kier alpha value is -1.53. The van der Waals surface area contributed by atoms with Crippen molar-refractivity contribution < 1.29 is 9.59 Å². The lowest BCUT2D eigenvalue weighted by Crippen LogP contribution is -2.51. The first-order chi connectivity index (χ1) is 11.6. The molecule has 0 bridgehead atoms. The summed E-state index contributed by atoms with van der Waals surface area (Å²) >= 11 is 1.67. The summed E-state index contributed by atoms with van der Waals surface area (Å²) in [7, 11) is 0. The highest BCUT2D eigenvalue weighted by Crippen LogP contribution is 2.14. The summed E-state index contributed by atoms with van der Waals surface area (Å²) in [5, 5.41) is 2.81. The van der Waals surface area contributed by atoms with Crippen molar-refractivity contribution in [3.05, 3.63) is 35.4 Å². The van der Waals surface area contributed by atoms with Gasteiger partial charge in [-0.05, 0) is 19.4 Å². The smallest absolute Gasteiger partial charge is 0.234 e. The minimum atomic E-state index is 0.0611. The molecule has 1 aromatic rings. The van der Waals surface area contributed by atoms with Gasteiger partial charge in [0.2, 0.25) is 11.8 Å². The Morgan fingerprint density at radius 2 is 1.96 bits per heavy atom. The molecule has 0 unspecified atom stereocenters. The van der Waals surface area contributed by atoms with E-state index in [1.54, 1.807) is 11.8 Å². The number of aryl methyl sites for hydroxylation is 1. The van der Waals surface area contributed by atoms with Crippen LogP contribution in [0.25, 0.3) is 0 Å². The summed E-state index contributed by atoms with van der Waals surface area (Å²) in [6, 6.07) is 8.41. The lowest BCUT2D eigenvalue weighted by Gasteiger charge is -2.34. The van der Waals surface area contributed by atoms with Gasteiger partial charge in [0.15, 0.2) is 0 Å². The van der Waals surface area contributed by atoms with Gasteiger partial charge in [0.05, 0.1) is 12.3 Å². The maximum absolute atomic E-state index is 12.3. The number of rotatable bonds is 7. The molecule has 1 fully saturated rings. The summed E-state index contributed by atoms with van der Waals surface area (Å²) < 4.78 is 0. The molecular formula is C18H27N3O2S. The van der Waals surface area contributed by atoms with E-state index in [0.717, 1.165) is 18.8 Å². The molecule has 1 heterocycles. The van der Waals surface area contributed by atoms with E-state index in [9.17, 15) is 9.59 Å². The van der Waals surface area contributed by atoms with Crippen LogP contribution in [0.4, 0.5) is 0 Å². The number of nitrogens with one attached hydrogen (secondary N) is 1. The molecule has 24 heavy (non-hydrogen) atoms. The molecule has 1 N–H and O–H groups in total. The van der Waals surface area contributed by atoms with E-state index in [2.05, 4.69) is 41.4 Å². The number of nitrogens with zero attached hydrogens (tertiary/aromatic N) is 2. The number of carbonyl (C=O) groups is 2. The molecule has 0 radical (unpaired) electrons. The van der Waals surface area contributed by atoms with Crippen LogP contribution in [0.1, 0.15) is 18.1 Å². The van der Waals surface area contributed by atoms with Gasteiger partial charge in [-0.1, -0.05) is 29.8 Å². The SMILES string of the molecule is CCNC(=O)CN1CCN(C(=O)CSCc2cccc(C)c2)CC1. The predicted octanol–water partition coefficient (Wildman–Crippen LogP) is 1.51. The van der Waals surface area contributed by atoms with Gasteiger partial charge in [-0.3, -0.25) is 14.5 Å². The van der Waals surface area contributed by atoms with Gasteiger partial charge in [-0.2, -0.15) is 0 Å². The first-order valence-electron chi connectivity index (χ1n) is 8.48. The molecule has 0 atom stereocenters. The lowest BCUT2D eigenvalue weighted by molar-refractivity contribution is -0.130. The highest BCUT2D eigenvalue weighted by Gasteiger charge is 2.22. The minimum absolute atomic E-state index is 0.0611. The number of hydrogen-bond donors (Lipinski definition) is 1. The van der Waals surface area contributed by atoms with Crippen molar-refractivity contribution in [3.8, 4) is 0 Å². The third-order valence-electron chi connectivity index (χ3n) is 4.04. The zero-order valence-corrected chi connectivity index (χ0v) is 15.4. The highest BCUT2D eigenvalue weighted by molar-refractivity contribution is 7.99. The molecule has 1 aliphatic rings. The van der Waals surface area contributed by atoms with E-state index in [-0.39, 0.29) is 11.8 Å². The fourth-order valence-electron chi connectivity index (χ4n) is 2.76. The monoisotopic (exact) mass is 349 g/mol. The van der Waals surface area contributed by atoms with Crippen molar-refractivity contribution in [2.45, 2.75) is 19.6 Å². The molecule has 6 heteroatoms. The second-order valence-electron chi connectivity index (χ2n) is 6.09. The zero-order valence-electron chi connectivity index (χ0n) is 14.6. The Bertz CT molecular complexity index is 557. The van der Waals surface area contributed by atoms with E-state index in [1.165, 1.54) is 11.1 Å². The second kappa shape index (κ2) is 9.69. The first kappa shape index (κ1) is 18.8. The number of likely N-dealkylation sites (N-methyl/N-ethyl adjacent to an activating group) is 1. The van der Waals surface area contributed by atoms with Crippen LogP contribution in [0.3, 0.4) is 0 Å². The Balaban J connectivity index is 1.66. The minimum Gasteiger partial charge on any atom is -0.355 e. The largest absolute Gasteiger partial charge is 0.355 e. The fraction of sp³-hybridized carbons (Fsp3) is 0.556. The average Bonchev–Trinajstić information content (AvgIpc) is 2.55. The summed E-state index contributed by atoms with van der Waals surface area (Å²) in [6.07, 6.45) is 0. The normalized spacial score (nSPS) is 15.3. The Kier molecular flexibility index (Phi) is 7.59. The molecule has 132 valence electrons. The van der Waals surface area contributed by atoms with Crippen LogP contribution in [-0.4, -0.2) is 66.6 Å². The van der Waals surface area contributed by atoms with Crippen molar-refractivity contribution >= 4 is 23.6 Å². The molecular weight excluding hydrogens is 322 g/mol. The first-order valence-corrected chi connectivity index (χ1v) is 9.64. The van der Waals surface area contributed by atoms with E-state index >= 15 is 0 Å². The van der Waals surface area contributed by atoms with Crippen LogP contribution >= 0.6 is 11.8 Å². The van der Waals surface area contributed by atoms with Gasteiger partial charge in [0.1, 0.15) is 0 Å². The van der Waals surface area contributed by atoms with Crippen LogP contribution in [0.2, 0.25) is 0 Å². The lowest BCUT2D eigenvalue weighted by atomic mass is 10.2. The number of amides is 2. The number of hydrogen-bond acceptors (Lipinski definition) is 4. The van der Waals surface area contributed by atoms with Crippen molar-refractivity contribution in [2.75, 3.05) is 45.0 Å². The van der Waals surface area contributed by atoms with Gasteiger partial charge in [-0.15, -0.1) is 11.8 Å². The molecule has 1 aromatic carbocycles. The van der Waals surface area contributed by atoms with E-state index < -0.39 is 0 Å². The van der Waals surface area contributed by atoms with Crippen LogP contribution < -0.4 is 5.32 Å². The third kappa shape index (κ3) is 6.17. The molecule has 5 nitrogen and oxygen atoms in total. The van der Waals surface area contributed by atoms with Gasteiger partial charge >= 0.3 is 0 Å². The van der Waals surface area contributed by atoms with Crippen LogP contribution in [0, 0.1) is 6.92 Å². The molecule has 1 saturated heterocycles. The standard InChI is InChI=1S/C18H27N3O2S/c1-3-19-17(22)12-20-7-9-21(10-8-20)18(23)14-24-13-16-6-4-5-15(2)11-16/h4-6,11H,3,7-10,12-14H2,1-2H3,(H,19,22). The topological polar surface area (TPSA) is 52.7 Å². The van der Waals surface area contributed by atoms with Gasteiger partial charge in [-0.25, -0.2) is 0 Å². The zero-order chi connectivity index (χ0) is 17.4. The van der Waals surface area contributed by atoms with E-state index in [0.29, 0.717) is 31.9 Å². The number of carbonyl (C=O) groups excluding carboxylic acids is 2. The maximum atomic E-state index is 12.3. The molecule has 2 amide bonds. The Labute approximate surface area is 148 Å². The molecule has 1 aliphatic heterocycles. The highest BCUT2D eigenvalue weighted by atomic mass is 32.2. The van der Waals surface area contributed by atoms with E-state index in [4.69, 9.17) is 0 Å². The van der Waals surface area contributed by atoms with Gasteiger partial charge in [0, 0.05) is 38.5 Å². The van der Waals surface area contributed by atoms with Crippen LogP contribution in [-0.2, 0) is 15.3 Å². The third-order valence-corrected chi connectivity index (χ3v) is 5.03. The predicted molar refractivity (Wildman–Crippen MR) is 99.0 cm³/mol. The van der Waals surface area contributed by atoms with Crippen molar-refractivity contribution in [1.29, 1.82) is 0 Å². The van der Waals surface area contributed by atoms with Gasteiger partial charge in [0.25, 0.3) is 0 Å². The second-order valence-corrected chi connectivity index (χ2v) is 7.08. The van der Waals surface area contributed by atoms with Gasteiger partial charge < -0.3 is 10.2 Å². The Morgan fingerprint density at radius 3 is 2.62 bits per heavy atom. The molecule has 0 saturated carbocycles. The summed E-state index contributed by atoms with van der Waals surface area (Å²) in [5.74, 6) is 1.64. The number of benzene rings is 1. The molecule has 0 spiro atoms. The maximum Gasteiger partial charge on any atom is 0.234 e. The summed E-state index contributed by atoms with van der Waals surface area (Å²) in [5.41, 5.74) is 2.52. The molecule has 0 aromatic heterocycles. The fourth-order valence-corrected chi connectivity index (χ4v) is 3.64. The van der Waals surface area contributed by atoms with E-state index in [1.807, 2.05) is 11.8 Å². The van der Waals surface area contributed by atoms with Crippen LogP contribution in [0.15, 0.2) is 24.3 Å². The number of piperazine rings is 1. The number of thioether (sulfide) groups is 1. The summed E-state index contributed by atoms with van der Waals surface area (Å²) in [4.78, 5) is 27.9. The van der Waals surface area contributed by atoms with Crippen LogP contribution in [0.5, 0.6) is 0 Å². The quantitative estimate of drug-likeness (QED) is 0.811. The van der Waals surface area contributed by atoms with Crippen molar-refractivity contribution in [2.24, 2.45) is 0 Å². The Morgan fingerprint density at radius 1 is 1.21 bits per heavy atom. The molecule has 2 rings (SSSR count). The molecule has 0 aliphatic carbocycles. The van der Waals surface area contributed by atoms with Crippen molar-refractivity contribution in [1.82, 2.24) is 15.1 Å². The summed E-state index contributed by atoms with van der Waals surface area (Å²) in [6.45, 7) is 8.05. The average molecular weight is 350 g/mol.